The summed E-state index contributed by atoms with van der Waals surface area (Å²) >= 11 is 0. The summed E-state index contributed by atoms with van der Waals surface area (Å²) in [4.78, 5) is 13.9. The summed E-state index contributed by atoms with van der Waals surface area (Å²) in [6.07, 6.45) is 8.16. The molecule has 1 unspecified atom stereocenters. The van der Waals surface area contributed by atoms with Gasteiger partial charge in [0.25, 0.3) is 0 Å². The van der Waals surface area contributed by atoms with Gasteiger partial charge in [0.05, 0.1) is 0 Å². The van der Waals surface area contributed by atoms with Crippen molar-refractivity contribution in [2.45, 2.75) is 38.3 Å². The number of aromatic hydroxyl groups is 2. The number of piperidine rings is 1. The molecule has 1 fully saturated rings. The van der Waals surface area contributed by atoms with E-state index in [2.05, 4.69) is 30.0 Å². The third-order valence-electron chi connectivity index (χ3n) is 5.79. The van der Waals surface area contributed by atoms with Gasteiger partial charge in [0, 0.05) is 35.8 Å². The Balaban J connectivity index is 1.93. The zero-order valence-corrected chi connectivity index (χ0v) is 18.5. The number of rotatable bonds is 9. The highest BCUT2D eigenvalue weighted by molar-refractivity contribution is 5.87. The van der Waals surface area contributed by atoms with Crippen LogP contribution in [0.5, 0.6) is 11.5 Å². The summed E-state index contributed by atoms with van der Waals surface area (Å²) in [5.74, 6) is 0.131. The molecule has 2 aromatic rings. The van der Waals surface area contributed by atoms with Crippen molar-refractivity contribution >= 4 is 5.91 Å². The van der Waals surface area contributed by atoms with E-state index in [0.717, 1.165) is 36.1 Å². The minimum Gasteiger partial charge on any atom is -0.507 e. The molecule has 2 aromatic carbocycles. The van der Waals surface area contributed by atoms with E-state index >= 15 is 0 Å². The molecule has 1 saturated heterocycles. The summed E-state index contributed by atoms with van der Waals surface area (Å²) < 4.78 is 0. The molecular weight excluding hydrogens is 400 g/mol. The molecule has 5 heteroatoms. The van der Waals surface area contributed by atoms with Crippen molar-refractivity contribution in [2.24, 2.45) is 0 Å². The van der Waals surface area contributed by atoms with Gasteiger partial charge in [-0.1, -0.05) is 30.9 Å². The van der Waals surface area contributed by atoms with Gasteiger partial charge in [0.2, 0.25) is 5.91 Å². The van der Waals surface area contributed by atoms with Crippen molar-refractivity contribution in [3.05, 3.63) is 85.0 Å². The largest absolute Gasteiger partial charge is 0.507 e. The Morgan fingerprint density at radius 1 is 1.06 bits per heavy atom. The van der Waals surface area contributed by atoms with E-state index in [9.17, 15) is 15.0 Å². The number of hydrogen-bond acceptors (Lipinski definition) is 4. The SMILES string of the molecule is C=CCc1ccc(O)c(-c2cc(CC=C)cc(CN3CCCC(NC(=O)C=C)C3)c2O)c1. The van der Waals surface area contributed by atoms with Gasteiger partial charge in [0.15, 0.2) is 0 Å². The lowest BCUT2D eigenvalue weighted by atomic mass is 9.94. The number of allylic oxidation sites excluding steroid dienone is 2. The molecule has 3 rings (SSSR count). The lowest BCUT2D eigenvalue weighted by Gasteiger charge is -2.33. The highest BCUT2D eigenvalue weighted by Crippen LogP contribution is 2.39. The van der Waals surface area contributed by atoms with Crippen molar-refractivity contribution in [3.8, 4) is 22.6 Å². The van der Waals surface area contributed by atoms with E-state index in [1.165, 1.54) is 6.08 Å². The summed E-state index contributed by atoms with van der Waals surface area (Å²) in [5.41, 5.74) is 4.04. The summed E-state index contributed by atoms with van der Waals surface area (Å²) in [7, 11) is 0. The van der Waals surface area contributed by atoms with Crippen LogP contribution in [0.4, 0.5) is 0 Å². The number of phenolic OH excluding ortho intramolecular Hbond substituents is 2. The molecule has 0 saturated carbocycles. The van der Waals surface area contributed by atoms with E-state index < -0.39 is 0 Å². The maximum atomic E-state index is 11.7. The van der Waals surface area contributed by atoms with Crippen LogP contribution in [0.25, 0.3) is 11.1 Å². The predicted octanol–water partition coefficient (Wildman–Crippen LogP) is 4.49. The molecule has 0 aliphatic carbocycles. The van der Waals surface area contributed by atoms with Crippen molar-refractivity contribution in [2.75, 3.05) is 13.1 Å². The van der Waals surface area contributed by atoms with Crippen LogP contribution >= 0.6 is 0 Å². The van der Waals surface area contributed by atoms with Crippen LogP contribution in [0, 0.1) is 0 Å². The molecule has 0 spiro atoms. The lowest BCUT2D eigenvalue weighted by molar-refractivity contribution is -0.117. The maximum Gasteiger partial charge on any atom is 0.243 e. The van der Waals surface area contributed by atoms with Gasteiger partial charge in [-0.3, -0.25) is 9.69 Å². The minimum absolute atomic E-state index is 0.0619. The number of likely N-dealkylation sites (tertiary alicyclic amines) is 1. The molecule has 3 N–H and O–H groups in total. The van der Waals surface area contributed by atoms with Crippen molar-refractivity contribution < 1.29 is 15.0 Å². The maximum absolute atomic E-state index is 11.7. The molecule has 1 heterocycles. The quantitative estimate of drug-likeness (QED) is 0.403. The van der Waals surface area contributed by atoms with Gasteiger partial charge in [-0.25, -0.2) is 0 Å². The van der Waals surface area contributed by atoms with Crippen LogP contribution < -0.4 is 5.32 Å². The van der Waals surface area contributed by atoms with E-state index in [0.29, 0.717) is 37.1 Å². The van der Waals surface area contributed by atoms with Crippen LogP contribution in [-0.2, 0) is 24.2 Å². The first-order chi connectivity index (χ1) is 15.4. The van der Waals surface area contributed by atoms with Crippen LogP contribution in [0.1, 0.15) is 29.5 Å². The molecule has 32 heavy (non-hydrogen) atoms. The molecule has 1 aliphatic heterocycles. The van der Waals surface area contributed by atoms with Crippen molar-refractivity contribution in [1.82, 2.24) is 10.2 Å². The molecule has 5 nitrogen and oxygen atoms in total. The number of nitrogens with zero attached hydrogens (tertiary/aromatic N) is 1. The Bertz CT molecular complexity index is 1010. The van der Waals surface area contributed by atoms with Crippen LogP contribution in [-0.4, -0.2) is 40.2 Å². The second kappa shape index (κ2) is 10.8. The first-order valence-corrected chi connectivity index (χ1v) is 11.0. The van der Waals surface area contributed by atoms with Crippen LogP contribution in [0.15, 0.2) is 68.3 Å². The average molecular weight is 433 g/mol. The number of phenols is 2. The Morgan fingerprint density at radius 2 is 1.78 bits per heavy atom. The van der Waals surface area contributed by atoms with E-state index in [1.807, 2.05) is 36.4 Å². The smallest absolute Gasteiger partial charge is 0.243 e. The molecule has 1 amide bonds. The van der Waals surface area contributed by atoms with Crippen LogP contribution in [0.3, 0.4) is 0 Å². The van der Waals surface area contributed by atoms with E-state index in [-0.39, 0.29) is 23.4 Å². The monoisotopic (exact) mass is 432 g/mol. The molecular formula is C27H32N2O3. The van der Waals surface area contributed by atoms with E-state index in [4.69, 9.17) is 0 Å². The first-order valence-electron chi connectivity index (χ1n) is 11.0. The number of carbonyl (C=O) groups excluding carboxylic acids is 1. The summed E-state index contributed by atoms with van der Waals surface area (Å²) in [5, 5.41) is 24.7. The first kappa shape index (κ1) is 23.4. The molecule has 168 valence electrons. The standard InChI is InChI=1S/C27H32N2O3/c1-4-8-19-11-12-25(30)23(15-19)24-16-20(9-5-2)14-21(27(24)32)17-29-13-7-10-22(18-29)28-26(31)6-3/h4-6,11-12,14-16,22,30,32H,1-3,7-10,13,17-18H2,(H,28,31). The fourth-order valence-electron chi connectivity index (χ4n) is 4.28. The third kappa shape index (κ3) is 5.68. The van der Waals surface area contributed by atoms with Gasteiger partial charge in [0.1, 0.15) is 11.5 Å². The van der Waals surface area contributed by atoms with Gasteiger partial charge in [-0.05, 0) is 67.6 Å². The number of nitrogens with one attached hydrogen (secondary N) is 1. The molecule has 0 bridgehead atoms. The Labute approximate surface area is 190 Å². The fraction of sp³-hybridized carbons (Fsp3) is 0.296. The Hall–Kier alpha value is -3.31. The zero-order valence-electron chi connectivity index (χ0n) is 18.5. The fourth-order valence-corrected chi connectivity index (χ4v) is 4.28. The summed E-state index contributed by atoms with van der Waals surface area (Å²) in [6, 6.07) is 9.39. The molecule has 1 atom stereocenters. The molecule has 1 aliphatic rings. The van der Waals surface area contributed by atoms with Gasteiger partial charge >= 0.3 is 0 Å². The zero-order chi connectivity index (χ0) is 23.1. The highest BCUT2D eigenvalue weighted by atomic mass is 16.3. The third-order valence-corrected chi connectivity index (χ3v) is 5.79. The normalized spacial score (nSPS) is 16.3. The predicted molar refractivity (Wildman–Crippen MR) is 130 cm³/mol. The number of amides is 1. The highest BCUT2D eigenvalue weighted by Gasteiger charge is 2.23. The van der Waals surface area contributed by atoms with Gasteiger partial charge in [-0.2, -0.15) is 0 Å². The topological polar surface area (TPSA) is 72.8 Å². The van der Waals surface area contributed by atoms with Crippen molar-refractivity contribution in [3.63, 3.8) is 0 Å². The van der Waals surface area contributed by atoms with E-state index in [1.54, 1.807) is 6.07 Å². The average Bonchev–Trinajstić information content (AvgIpc) is 2.78. The second-order valence-electron chi connectivity index (χ2n) is 8.28. The Kier molecular flexibility index (Phi) is 7.90. The summed E-state index contributed by atoms with van der Waals surface area (Å²) in [6.45, 7) is 13.3. The van der Waals surface area contributed by atoms with Crippen molar-refractivity contribution in [1.29, 1.82) is 0 Å². The second-order valence-corrected chi connectivity index (χ2v) is 8.28. The number of hydrogen-bond donors (Lipinski definition) is 3. The molecule has 0 aromatic heterocycles. The minimum atomic E-state index is -0.162. The molecule has 0 radical (unpaired) electrons. The van der Waals surface area contributed by atoms with Gasteiger partial charge < -0.3 is 15.5 Å². The van der Waals surface area contributed by atoms with Crippen LogP contribution in [0.2, 0.25) is 0 Å². The Morgan fingerprint density at radius 3 is 2.50 bits per heavy atom. The number of benzene rings is 2. The van der Waals surface area contributed by atoms with Gasteiger partial charge in [-0.15, -0.1) is 13.2 Å². The lowest BCUT2D eigenvalue weighted by Crippen LogP contribution is -2.46. The number of carbonyl (C=O) groups is 1.